The Labute approximate surface area is 94.0 Å². The molecule has 0 radical (unpaired) electrons. The summed E-state index contributed by atoms with van der Waals surface area (Å²) in [5.41, 5.74) is 4.98. The molecule has 0 aromatic heterocycles. The molecule has 1 saturated heterocycles. The summed E-state index contributed by atoms with van der Waals surface area (Å²) in [6.07, 6.45) is 0.833. The van der Waals surface area contributed by atoms with Crippen LogP contribution in [0, 0.1) is 5.82 Å². The second-order valence-electron chi connectivity index (χ2n) is 4.32. The van der Waals surface area contributed by atoms with Crippen molar-refractivity contribution in [2.45, 2.75) is 18.5 Å². The quantitative estimate of drug-likeness (QED) is 0.836. The Morgan fingerprint density at radius 2 is 2.00 bits per heavy atom. The number of anilines is 1. The van der Waals surface area contributed by atoms with Crippen LogP contribution in [0.1, 0.15) is 12.8 Å². The zero-order chi connectivity index (χ0) is 11.6. The Hall–Kier alpha value is -1.16. The van der Waals surface area contributed by atoms with Gasteiger partial charge < -0.3 is 10.6 Å². The van der Waals surface area contributed by atoms with Crippen LogP contribution in [0.25, 0.3) is 0 Å². The minimum absolute atomic E-state index is 0.0734. The smallest absolute Gasteiger partial charge is 0.126 e. The molecular weight excluding hydrogens is 210 g/mol. The molecule has 1 aromatic carbocycles. The van der Waals surface area contributed by atoms with Crippen LogP contribution in [-0.2, 0) is 0 Å². The maximum Gasteiger partial charge on any atom is 0.126 e. The molecule has 1 aliphatic rings. The van der Waals surface area contributed by atoms with Gasteiger partial charge in [-0.1, -0.05) is 6.07 Å². The van der Waals surface area contributed by atoms with E-state index in [1.165, 1.54) is 12.1 Å². The van der Waals surface area contributed by atoms with Crippen LogP contribution >= 0.6 is 0 Å². The van der Waals surface area contributed by atoms with Crippen molar-refractivity contribution < 1.29 is 8.78 Å². The minimum atomic E-state index is -1.23. The molecule has 1 aliphatic heterocycles. The van der Waals surface area contributed by atoms with Crippen molar-refractivity contribution in [2.75, 3.05) is 24.5 Å². The van der Waals surface area contributed by atoms with Crippen LogP contribution in [0.5, 0.6) is 0 Å². The molecular formula is C12H16F2N2. The van der Waals surface area contributed by atoms with Crippen molar-refractivity contribution in [3.8, 4) is 0 Å². The molecule has 2 N–H and O–H groups in total. The second-order valence-corrected chi connectivity index (χ2v) is 4.32. The summed E-state index contributed by atoms with van der Waals surface area (Å²) in [5, 5.41) is 0. The van der Waals surface area contributed by atoms with Crippen molar-refractivity contribution >= 4 is 5.69 Å². The average Bonchev–Trinajstić information content (AvgIpc) is 2.30. The molecule has 0 bridgehead atoms. The lowest BCUT2D eigenvalue weighted by Gasteiger charge is -2.37. The van der Waals surface area contributed by atoms with Gasteiger partial charge in [-0.3, -0.25) is 0 Å². The van der Waals surface area contributed by atoms with Gasteiger partial charge in [-0.25, -0.2) is 8.78 Å². The normalized spacial score (nSPS) is 19.8. The minimum Gasteiger partial charge on any atom is -0.371 e. The largest absolute Gasteiger partial charge is 0.371 e. The van der Waals surface area contributed by atoms with Crippen molar-refractivity contribution in [1.29, 1.82) is 0 Å². The fourth-order valence-corrected chi connectivity index (χ4v) is 2.04. The van der Waals surface area contributed by atoms with Gasteiger partial charge in [0.05, 0.1) is 0 Å². The van der Waals surface area contributed by atoms with E-state index in [0.29, 0.717) is 25.9 Å². The van der Waals surface area contributed by atoms with Gasteiger partial charge in [0.15, 0.2) is 0 Å². The Morgan fingerprint density at radius 3 is 2.56 bits per heavy atom. The van der Waals surface area contributed by atoms with Gasteiger partial charge in [-0.05, 0) is 18.2 Å². The van der Waals surface area contributed by atoms with Crippen LogP contribution in [0.3, 0.4) is 0 Å². The van der Waals surface area contributed by atoms with Gasteiger partial charge in [-0.15, -0.1) is 0 Å². The predicted molar refractivity (Wildman–Crippen MR) is 60.7 cm³/mol. The van der Waals surface area contributed by atoms with Crippen molar-refractivity contribution in [1.82, 2.24) is 0 Å². The molecule has 88 valence electrons. The first-order valence-corrected chi connectivity index (χ1v) is 5.52. The average molecular weight is 226 g/mol. The van der Waals surface area contributed by atoms with Crippen LogP contribution in [0.15, 0.2) is 24.3 Å². The lowest BCUT2D eigenvalue weighted by molar-refractivity contribution is 0.135. The van der Waals surface area contributed by atoms with E-state index in [9.17, 15) is 8.78 Å². The van der Waals surface area contributed by atoms with Gasteiger partial charge in [-0.2, -0.15) is 0 Å². The summed E-state index contributed by atoms with van der Waals surface area (Å²) in [5.74, 6) is -0.256. The van der Waals surface area contributed by atoms with Crippen molar-refractivity contribution in [3.63, 3.8) is 0 Å². The molecule has 0 atom stereocenters. The third kappa shape index (κ3) is 2.32. The van der Waals surface area contributed by atoms with Gasteiger partial charge in [0.1, 0.15) is 11.5 Å². The molecule has 0 unspecified atom stereocenters. The van der Waals surface area contributed by atoms with E-state index in [1.807, 2.05) is 11.0 Å². The standard InChI is InChI=1S/C12H16F2N2/c13-10-2-1-3-11(8-10)16-6-4-12(14,9-15)5-7-16/h1-3,8H,4-7,9,15H2. The number of piperidine rings is 1. The van der Waals surface area contributed by atoms with Crippen LogP contribution < -0.4 is 10.6 Å². The maximum atomic E-state index is 13.8. The summed E-state index contributed by atoms with van der Waals surface area (Å²) in [6, 6.07) is 6.40. The summed E-state index contributed by atoms with van der Waals surface area (Å²) >= 11 is 0. The first-order valence-electron chi connectivity index (χ1n) is 5.52. The summed E-state index contributed by atoms with van der Waals surface area (Å²) in [7, 11) is 0. The fourth-order valence-electron chi connectivity index (χ4n) is 2.04. The second kappa shape index (κ2) is 4.37. The van der Waals surface area contributed by atoms with E-state index in [0.717, 1.165) is 5.69 Å². The number of nitrogens with two attached hydrogens (primary N) is 1. The maximum absolute atomic E-state index is 13.8. The third-order valence-electron chi connectivity index (χ3n) is 3.20. The summed E-state index contributed by atoms with van der Waals surface area (Å²) < 4.78 is 26.9. The Bertz CT molecular complexity index is 360. The van der Waals surface area contributed by atoms with Crippen molar-refractivity contribution in [2.24, 2.45) is 5.73 Å². The molecule has 1 aromatic rings. The van der Waals surface area contributed by atoms with Crippen LogP contribution in [0.2, 0.25) is 0 Å². The van der Waals surface area contributed by atoms with E-state index in [1.54, 1.807) is 6.07 Å². The zero-order valence-electron chi connectivity index (χ0n) is 9.13. The SMILES string of the molecule is NCC1(F)CCN(c2cccc(F)c2)CC1. The highest BCUT2D eigenvalue weighted by Gasteiger charge is 2.33. The topological polar surface area (TPSA) is 29.3 Å². The number of hydrogen-bond acceptors (Lipinski definition) is 2. The number of halogens is 2. The molecule has 0 spiro atoms. The Balaban J connectivity index is 2.04. The molecule has 1 heterocycles. The van der Waals surface area contributed by atoms with Gasteiger partial charge >= 0.3 is 0 Å². The van der Waals surface area contributed by atoms with Gasteiger partial charge in [0.2, 0.25) is 0 Å². The molecule has 0 aliphatic carbocycles. The molecule has 0 saturated carbocycles. The van der Waals surface area contributed by atoms with E-state index in [4.69, 9.17) is 5.73 Å². The van der Waals surface area contributed by atoms with E-state index >= 15 is 0 Å². The zero-order valence-corrected chi connectivity index (χ0v) is 9.13. The van der Waals surface area contributed by atoms with Crippen LogP contribution in [0.4, 0.5) is 14.5 Å². The number of alkyl halides is 1. The first-order chi connectivity index (χ1) is 7.63. The monoisotopic (exact) mass is 226 g/mol. The van der Waals surface area contributed by atoms with E-state index in [2.05, 4.69) is 0 Å². The van der Waals surface area contributed by atoms with Gasteiger partial charge in [0.25, 0.3) is 0 Å². The molecule has 0 amide bonds. The fraction of sp³-hybridized carbons (Fsp3) is 0.500. The molecule has 4 heteroatoms. The third-order valence-corrected chi connectivity index (χ3v) is 3.20. The Kier molecular flexibility index (Phi) is 3.10. The number of rotatable bonds is 2. The molecule has 2 rings (SSSR count). The summed E-state index contributed by atoms with van der Waals surface area (Å²) in [4.78, 5) is 2.00. The van der Waals surface area contributed by atoms with Crippen LogP contribution in [-0.4, -0.2) is 25.3 Å². The van der Waals surface area contributed by atoms with E-state index < -0.39 is 5.67 Å². The first kappa shape index (κ1) is 11.3. The highest BCUT2D eigenvalue weighted by Crippen LogP contribution is 2.28. The Morgan fingerprint density at radius 1 is 1.31 bits per heavy atom. The lowest BCUT2D eigenvalue weighted by Crippen LogP contribution is -2.45. The molecule has 2 nitrogen and oxygen atoms in total. The number of hydrogen-bond donors (Lipinski definition) is 1. The van der Waals surface area contributed by atoms with Gasteiger partial charge in [0, 0.05) is 38.2 Å². The highest BCUT2D eigenvalue weighted by atomic mass is 19.1. The predicted octanol–water partition coefficient (Wildman–Crippen LogP) is 2.09. The molecule has 1 fully saturated rings. The molecule has 16 heavy (non-hydrogen) atoms. The highest BCUT2D eigenvalue weighted by molar-refractivity contribution is 5.47. The lowest BCUT2D eigenvalue weighted by atomic mass is 9.93. The number of nitrogens with zero attached hydrogens (tertiary/aromatic N) is 1. The number of benzene rings is 1. The van der Waals surface area contributed by atoms with Crippen molar-refractivity contribution in [3.05, 3.63) is 30.1 Å². The summed E-state index contributed by atoms with van der Waals surface area (Å²) in [6.45, 7) is 1.26. The van der Waals surface area contributed by atoms with E-state index in [-0.39, 0.29) is 12.4 Å².